The van der Waals surface area contributed by atoms with Gasteiger partial charge in [0.05, 0.1) is 0 Å². The Hall–Kier alpha value is 0.684. The Labute approximate surface area is 128 Å². The van der Waals surface area contributed by atoms with Crippen molar-refractivity contribution in [1.29, 1.82) is 0 Å². The Morgan fingerprint density at radius 1 is 1.69 bits per heavy atom. The molecule has 0 bridgehead atoms. The normalized spacial score (nSPS) is 27.5. The molecule has 16 heavy (non-hydrogen) atoms. The van der Waals surface area contributed by atoms with Gasteiger partial charge in [-0.2, -0.15) is 0 Å². The first-order chi connectivity index (χ1) is 7.23. The zero-order valence-corrected chi connectivity index (χ0v) is 14.2. The molecule has 3 nitrogen and oxygen atoms in total. The molecule has 0 aromatic carbocycles. The van der Waals surface area contributed by atoms with E-state index in [0.29, 0.717) is 5.25 Å². The van der Waals surface area contributed by atoms with E-state index in [1.165, 1.54) is 11.3 Å². The van der Waals surface area contributed by atoms with Crippen molar-refractivity contribution in [2.24, 2.45) is 4.36 Å². The van der Waals surface area contributed by atoms with E-state index in [4.69, 9.17) is 0 Å². The first-order valence-corrected chi connectivity index (χ1v) is 7.73. The minimum Gasteiger partial charge on any atom is -0.394 e. The van der Waals surface area contributed by atoms with Gasteiger partial charge in [-0.05, 0) is 24.8 Å². The Morgan fingerprint density at radius 2 is 2.44 bits per heavy atom. The average Bonchev–Trinajstić information content (AvgIpc) is 2.90. The van der Waals surface area contributed by atoms with Crippen molar-refractivity contribution in [3.8, 4) is 0 Å². The molecule has 0 aliphatic carbocycles. The number of thiazole rings is 1. The van der Waals surface area contributed by atoms with Crippen LogP contribution in [0.2, 0.25) is 0 Å². The van der Waals surface area contributed by atoms with Gasteiger partial charge in [-0.15, -0.1) is 11.6 Å². The summed E-state index contributed by atoms with van der Waals surface area (Å²) < 4.78 is 15.7. The van der Waals surface area contributed by atoms with Gasteiger partial charge in [-0.25, -0.2) is 8.57 Å². The van der Waals surface area contributed by atoms with Crippen LogP contribution in [0.15, 0.2) is 15.9 Å². The maximum Gasteiger partial charge on any atom is 0.0493 e. The SMILES string of the molecule is CCC1CCCS1(=O)=NC.[Y].[c-]1nccs1. The second kappa shape index (κ2) is 8.73. The summed E-state index contributed by atoms with van der Waals surface area (Å²) in [5, 5.41) is 2.26. The van der Waals surface area contributed by atoms with Crippen molar-refractivity contribution in [3.05, 3.63) is 17.1 Å². The van der Waals surface area contributed by atoms with Gasteiger partial charge in [0.1, 0.15) is 0 Å². The first kappa shape index (κ1) is 16.7. The maximum absolute atomic E-state index is 11.7. The smallest absolute Gasteiger partial charge is 0.0493 e. The molecule has 1 aliphatic heterocycles. The average molecular weight is 334 g/mol. The van der Waals surface area contributed by atoms with Gasteiger partial charge in [0.2, 0.25) is 0 Å². The van der Waals surface area contributed by atoms with Crippen LogP contribution >= 0.6 is 11.3 Å². The van der Waals surface area contributed by atoms with Crippen LogP contribution in [0.3, 0.4) is 0 Å². The number of rotatable bonds is 1. The molecule has 0 spiro atoms. The van der Waals surface area contributed by atoms with E-state index < -0.39 is 9.73 Å². The molecule has 1 aromatic rings. The number of aromatic nitrogens is 1. The largest absolute Gasteiger partial charge is 0.394 e. The fourth-order valence-electron chi connectivity index (χ4n) is 1.73. The van der Waals surface area contributed by atoms with Crippen LogP contribution in [-0.4, -0.2) is 27.2 Å². The van der Waals surface area contributed by atoms with E-state index in [-0.39, 0.29) is 32.7 Å². The summed E-state index contributed by atoms with van der Waals surface area (Å²) in [5.41, 5.74) is 2.65. The quantitative estimate of drug-likeness (QED) is 0.741. The molecule has 1 fully saturated rings. The van der Waals surface area contributed by atoms with E-state index in [0.717, 1.165) is 25.0 Å². The van der Waals surface area contributed by atoms with Crippen LogP contribution in [0.1, 0.15) is 26.2 Å². The van der Waals surface area contributed by atoms with E-state index in [2.05, 4.69) is 21.8 Å². The third kappa shape index (κ3) is 4.90. The zero-order chi connectivity index (χ0) is 11.1. The predicted molar refractivity (Wildman–Crippen MR) is 65.6 cm³/mol. The summed E-state index contributed by atoms with van der Waals surface area (Å²) in [7, 11) is -0.0667. The van der Waals surface area contributed by atoms with Gasteiger partial charge in [0.25, 0.3) is 0 Å². The van der Waals surface area contributed by atoms with E-state index >= 15 is 0 Å². The minimum atomic E-state index is -1.76. The third-order valence-corrected chi connectivity index (χ3v) is 6.13. The summed E-state index contributed by atoms with van der Waals surface area (Å²) >= 11 is 1.48. The van der Waals surface area contributed by atoms with Crippen molar-refractivity contribution in [3.63, 3.8) is 0 Å². The van der Waals surface area contributed by atoms with Gasteiger partial charge in [-0.1, -0.05) is 6.92 Å². The molecule has 2 atom stereocenters. The molecule has 2 heterocycles. The monoisotopic (exact) mass is 334 g/mol. The molecule has 0 saturated carbocycles. The Morgan fingerprint density at radius 3 is 2.75 bits per heavy atom. The number of hydrogen-bond acceptors (Lipinski definition) is 4. The molecule has 0 amide bonds. The van der Waals surface area contributed by atoms with Crippen LogP contribution in [0.25, 0.3) is 0 Å². The molecule has 89 valence electrons. The molecule has 1 aliphatic rings. The maximum atomic E-state index is 11.7. The molecular formula is C10H17N2OS2Y-. The molecule has 2 rings (SSSR count). The zero-order valence-electron chi connectivity index (χ0n) is 9.76. The molecule has 2 unspecified atom stereocenters. The Kier molecular flexibility index (Phi) is 9.10. The first-order valence-electron chi connectivity index (χ1n) is 5.10. The van der Waals surface area contributed by atoms with Crippen molar-refractivity contribution >= 4 is 21.1 Å². The summed E-state index contributed by atoms with van der Waals surface area (Å²) in [5.74, 6) is 0.835. The summed E-state index contributed by atoms with van der Waals surface area (Å²) in [4.78, 5) is 3.62. The molecule has 1 saturated heterocycles. The Balaban J connectivity index is 0.000000318. The molecule has 1 aromatic heterocycles. The molecule has 1 radical (unpaired) electrons. The van der Waals surface area contributed by atoms with E-state index in [1.54, 1.807) is 13.2 Å². The fourth-order valence-corrected chi connectivity index (χ4v) is 4.48. The minimum absolute atomic E-state index is 0. The number of nitrogens with zero attached hydrogens (tertiary/aromatic N) is 2. The van der Waals surface area contributed by atoms with E-state index in [9.17, 15) is 4.21 Å². The second-order valence-electron chi connectivity index (χ2n) is 3.37. The van der Waals surface area contributed by atoms with Crippen LogP contribution in [-0.2, 0) is 42.4 Å². The van der Waals surface area contributed by atoms with Gasteiger partial charge in [-0.3, -0.25) is 11.3 Å². The van der Waals surface area contributed by atoms with Crippen LogP contribution < -0.4 is 0 Å². The second-order valence-corrected chi connectivity index (χ2v) is 6.88. The van der Waals surface area contributed by atoms with Gasteiger partial charge < -0.3 is 4.98 Å². The predicted octanol–water partition coefficient (Wildman–Crippen LogP) is 2.60. The third-order valence-electron chi connectivity index (χ3n) is 2.56. The topological polar surface area (TPSA) is 42.3 Å². The molecule has 6 heteroatoms. The van der Waals surface area contributed by atoms with Crippen LogP contribution in [0.4, 0.5) is 0 Å². The fraction of sp³-hybridized carbons (Fsp3) is 0.700. The van der Waals surface area contributed by atoms with Crippen LogP contribution in [0.5, 0.6) is 0 Å². The van der Waals surface area contributed by atoms with Crippen molar-refractivity contribution in [2.45, 2.75) is 31.4 Å². The number of hydrogen-bond donors (Lipinski definition) is 0. The summed E-state index contributed by atoms with van der Waals surface area (Å²) in [6, 6.07) is 0. The van der Waals surface area contributed by atoms with Gasteiger partial charge in [0, 0.05) is 60.5 Å². The van der Waals surface area contributed by atoms with Gasteiger partial charge in [0.15, 0.2) is 0 Å². The summed E-state index contributed by atoms with van der Waals surface area (Å²) in [6.07, 6.45) is 4.96. The van der Waals surface area contributed by atoms with Crippen molar-refractivity contribution in [1.82, 2.24) is 4.98 Å². The summed E-state index contributed by atoms with van der Waals surface area (Å²) in [6.45, 7) is 2.10. The Bertz CT molecular complexity index is 355. The molecule has 0 N–H and O–H groups in total. The van der Waals surface area contributed by atoms with Gasteiger partial charge >= 0.3 is 0 Å². The van der Waals surface area contributed by atoms with Crippen molar-refractivity contribution in [2.75, 3.05) is 12.8 Å². The van der Waals surface area contributed by atoms with Crippen LogP contribution in [0, 0.1) is 5.51 Å². The van der Waals surface area contributed by atoms with Crippen molar-refractivity contribution < 1.29 is 36.9 Å². The van der Waals surface area contributed by atoms with E-state index in [1.807, 2.05) is 5.38 Å². The standard InChI is InChI=1S/C7H15NOS.C3H2NS.Y/c1-3-7-5-4-6-10(7,9)8-2;1-2-5-3-4-1;/h7H,3-6H2,1-2H3;1-2H;/q;-1;. The molecular weight excluding hydrogens is 317 g/mol.